The number of aromatic nitrogens is 2. The van der Waals surface area contributed by atoms with Crippen molar-refractivity contribution in [3.8, 4) is 0 Å². The quantitative estimate of drug-likeness (QED) is 0.541. The highest BCUT2D eigenvalue weighted by atomic mass is 32.2. The molecular weight excluding hydrogens is 410 g/mol. The number of rotatable bonds is 8. The maximum absolute atomic E-state index is 12.4. The Balaban J connectivity index is 1.60. The lowest BCUT2D eigenvalue weighted by Gasteiger charge is -2.09. The molecule has 7 nitrogen and oxygen atoms in total. The van der Waals surface area contributed by atoms with E-state index in [1.807, 2.05) is 30.3 Å². The van der Waals surface area contributed by atoms with Crippen molar-refractivity contribution in [2.24, 2.45) is 0 Å². The van der Waals surface area contributed by atoms with Crippen molar-refractivity contribution in [1.29, 1.82) is 0 Å². The molecule has 0 aliphatic carbocycles. The van der Waals surface area contributed by atoms with E-state index in [-0.39, 0.29) is 16.5 Å². The molecule has 1 aromatic heterocycles. The zero-order valence-electron chi connectivity index (χ0n) is 16.0. The third kappa shape index (κ3) is 5.45. The maximum Gasteiger partial charge on any atom is 0.322 e. The van der Waals surface area contributed by atoms with Crippen molar-refractivity contribution >= 4 is 33.5 Å². The van der Waals surface area contributed by atoms with Gasteiger partial charge in [0, 0.05) is 22.6 Å². The van der Waals surface area contributed by atoms with Crippen molar-refractivity contribution in [3.63, 3.8) is 0 Å². The van der Waals surface area contributed by atoms with Crippen molar-refractivity contribution in [3.05, 3.63) is 66.1 Å². The van der Waals surface area contributed by atoms with Gasteiger partial charge in [-0.1, -0.05) is 29.4 Å². The van der Waals surface area contributed by atoms with Crippen LogP contribution in [0, 0.1) is 0 Å². The number of amides is 1. The molecule has 1 amide bonds. The normalized spacial score (nSPS) is 11.6. The molecule has 1 heterocycles. The molecule has 0 atom stereocenters. The molecule has 0 saturated carbocycles. The fourth-order valence-electron chi connectivity index (χ4n) is 2.43. The van der Waals surface area contributed by atoms with E-state index < -0.39 is 21.0 Å². The van der Waals surface area contributed by atoms with Crippen LogP contribution in [0.4, 0.5) is 6.01 Å². The Morgan fingerprint density at radius 1 is 1.10 bits per heavy atom. The van der Waals surface area contributed by atoms with E-state index in [0.29, 0.717) is 12.3 Å². The molecule has 0 radical (unpaired) electrons. The predicted molar refractivity (Wildman–Crippen MR) is 112 cm³/mol. The molecule has 9 heteroatoms. The van der Waals surface area contributed by atoms with Crippen LogP contribution in [0.3, 0.4) is 0 Å². The van der Waals surface area contributed by atoms with E-state index in [1.54, 1.807) is 25.6 Å². The molecule has 152 valence electrons. The molecule has 1 N–H and O–H groups in total. The Kier molecular flexibility index (Phi) is 6.71. The summed E-state index contributed by atoms with van der Waals surface area (Å²) in [5.74, 6) is 0.661. The highest BCUT2D eigenvalue weighted by Gasteiger charge is 2.21. The van der Waals surface area contributed by atoms with E-state index in [1.165, 1.54) is 24.3 Å². The maximum atomic E-state index is 12.4. The lowest BCUT2D eigenvalue weighted by molar-refractivity contribution is 0.102. The highest BCUT2D eigenvalue weighted by molar-refractivity contribution is 7.99. The van der Waals surface area contributed by atoms with E-state index >= 15 is 0 Å². The van der Waals surface area contributed by atoms with Gasteiger partial charge in [-0.15, -0.1) is 16.9 Å². The Bertz CT molecular complexity index is 1080. The molecule has 0 aliphatic heterocycles. The molecule has 0 aliphatic rings. The second-order valence-corrected chi connectivity index (χ2v) is 10.2. The van der Waals surface area contributed by atoms with Gasteiger partial charge >= 0.3 is 6.01 Å². The summed E-state index contributed by atoms with van der Waals surface area (Å²) in [6.45, 7) is 3.19. The van der Waals surface area contributed by atoms with Crippen LogP contribution < -0.4 is 5.32 Å². The van der Waals surface area contributed by atoms with Gasteiger partial charge in [-0.05, 0) is 44.2 Å². The molecule has 29 heavy (non-hydrogen) atoms. The first-order valence-electron chi connectivity index (χ1n) is 9.02. The zero-order chi connectivity index (χ0) is 20.9. The third-order valence-corrected chi connectivity index (χ3v) is 7.23. The lowest BCUT2D eigenvalue weighted by Crippen LogP contribution is -2.16. The minimum absolute atomic E-state index is 0.0215. The molecule has 0 saturated heterocycles. The zero-order valence-corrected chi connectivity index (χ0v) is 17.7. The summed E-state index contributed by atoms with van der Waals surface area (Å²) in [7, 11) is -3.47. The summed E-state index contributed by atoms with van der Waals surface area (Å²) in [4.78, 5) is 13.7. The van der Waals surface area contributed by atoms with E-state index in [2.05, 4.69) is 15.5 Å². The lowest BCUT2D eigenvalue weighted by atomic mass is 10.2. The SMILES string of the molecule is CC(C)S(=O)(=O)c1cccc(C(=O)Nc2nnc(CCSc3ccccc3)o2)c1. The summed E-state index contributed by atoms with van der Waals surface area (Å²) in [6.07, 6.45) is 0.560. The number of carbonyl (C=O) groups is 1. The summed E-state index contributed by atoms with van der Waals surface area (Å²) < 4.78 is 30.1. The Morgan fingerprint density at radius 2 is 1.86 bits per heavy atom. The van der Waals surface area contributed by atoms with Crippen LogP contribution in [-0.2, 0) is 16.3 Å². The van der Waals surface area contributed by atoms with Gasteiger partial charge < -0.3 is 4.42 Å². The molecular formula is C20H21N3O4S2. The van der Waals surface area contributed by atoms with Crippen LogP contribution >= 0.6 is 11.8 Å². The predicted octanol–water partition coefficient (Wildman–Crippen LogP) is 3.84. The van der Waals surface area contributed by atoms with E-state index in [9.17, 15) is 13.2 Å². The first-order valence-corrected chi connectivity index (χ1v) is 11.5. The fraction of sp³-hybridized carbons (Fsp3) is 0.250. The molecule has 0 fully saturated rings. The number of nitrogens with one attached hydrogen (secondary N) is 1. The first kappa shape index (κ1) is 21.1. The number of sulfone groups is 1. The van der Waals surface area contributed by atoms with Gasteiger partial charge in [0.1, 0.15) is 0 Å². The number of nitrogens with zero attached hydrogens (tertiary/aromatic N) is 2. The number of hydrogen-bond acceptors (Lipinski definition) is 7. The van der Waals surface area contributed by atoms with Crippen LogP contribution in [0.15, 0.2) is 68.8 Å². The Labute approximate surface area is 173 Å². The van der Waals surface area contributed by atoms with Crippen molar-refractivity contribution < 1.29 is 17.6 Å². The number of aryl methyl sites for hydroxylation is 1. The fourth-order valence-corrected chi connectivity index (χ4v) is 4.40. The second kappa shape index (κ2) is 9.23. The summed E-state index contributed by atoms with van der Waals surface area (Å²) in [5, 5.41) is 9.70. The summed E-state index contributed by atoms with van der Waals surface area (Å²) >= 11 is 1.67. The smallest absolute Gasteiger partial charge is 0.322 e. The van der Waals surface area contributed by atoms with Crippen LogP contribution in [-0.4, -0.2) is 35.5 Å². The summed E-state index contributed by atoms with van der Waals surface area (Å²) in [5.41, 5.74) is 0.200. The van der Waals surface area contributed by atoms with Crippen molar-refractivity contribution in [2.75, 3.05) is 11.1 Å². The largest absolute Gasteiger partial charge is 0.408 e. The molecule has 3 rings (SSSR count). The molecule has 3 aromatic rings. The number of anilines is 1. The van der Waals surface area contributed by atoms with Crippen LogP contribution in [0.5, 0.6) is 0 Å². The van der Waals surface area contributed by atoms with Crippen LogP contribution in [0.1, 0.15) is 30.1 Å². The first-order chi connectivity index (χ1) is 13.9. The van der Waals surface area contributed by atoms with Crippen LogP contribution in [0.25, 0.3) is 0 Å². The third-order valence-electron chi connectivity index (χ3n) is 4.06. The monoisotopic (exact) mass is 431 g/mol. The van der Waals surface area contributed by atoms with Crippen LogP contribution in [0.2, 0.25) is 0 Å². The van der Waals surface area contributed by atoms with Crippen molar-refractivity contribution in [1.82, 2.24) is 10.2 Å². The topological polar surface area (TPSA) is 102 Å². The van der Waals surface area contributed by atoms with E-state index in [0.717, 1.165) is 10.6 Å². The van der Waals surface area contributed by atoms with Gasteiger partial charge in [0.2, 0.25) is 5.89 Å². The van der Waals surface area contributed by atoms with Gasteiger partial charge in [-0.2, -0.15) is 0 Å². The Morgan fingerprint density at radius 3 is 2.59 bits per heavy atom. The molecule has 0 bridgehead atoms. The van der Waals surface area contributed by atoms with Gasteiger partial charge in [0.05, 0.1) is 10.1 Å². The average molecular weight is 432 g/mol. The molecule has 2 aromatic carbocycles. The number of benzene rings is 2. The number of carbonyl (C=O) groups excluding carboxylic acids is 1. The van der Waals surface area contributed by atoms with E-state index in [4.69, 9.17) is 4.42 Å². The number of hydrogen-bond donors (Lipinski definition) is 1. The van der Waals surface area contributed by atoms with Gasteiger partial charge in [0.25, 0.3) is 5.91 Å². The minimum Gasteiger partial charge on any atom is -0.408 e. The van der Waals surface area contributed by atoms with Gasteiger partial charge in [-0.3, -0.25) is 10.1 Å². The molecule has 0 unspecified atom stereocenters. The highest BCUT2D eigenvalue weighted by Crippen LogP contribution is 2.20. The van der Waals surface area contributed by atoms with Gasteiger partial charge in [-0.25, -0.2) is 8.42 Å². The second-order valence-electron chi connectivity index (χ2n) is 6.49. The molecule has 0 spiro atoms. The van der Waals surface area contributed by atoms with Gasteiger partial charge in [0.15, 0.2) is 9.84 Å². The standard InChI is InChI=1S/C20H21N3O4S2/c1-14(2)29(25,26)17-10-6-7-15(13-17)19(24)21-20-23-22-18(27-20)11-12-28-16-8-4-3-5-9-16/h3-10,13-14H,11-12H2,1-2H3,(H,21,23,24). The van der Waals surface area contributed by atoms with Crippen molar-refractivity contribution in [2.45, 2.75) is 35.3 Å². The number of thioether (sulfide) groups is 1. The summed E-state index contributed by atoms with van der Waals surface area (Å²) in [6, 6.07) is 15.8. The Hall–Kier alpha value is -2.65. The minimum atomic E-state index is -3.47. The average Bonchev–Trinajstić information content (AvgIpc) is 3.16.